The molecule has 0 aliphatic heterocycles. The van der Waals surface area contributed by atoms with E-state index in [1.54, 1.807) is 0 Å². The van der Waals surface area contributed by atoms with E-state index >= 15 is 0 Å². The summed E-state index contributed by atoms with van der Waals surface area (Å²) in [5, 5.41) is 11.1. The molecule has 3 heterocycles. The van der Waals surface area contributed by atoms with Crippen LogP contribution in [-0.4, -0.2) is 20.2 Å². The first-order chi connectivity index (χ1) is 12.9. The minimum absolute atomic E-state index is 1.06. The number of benzene rings is 2. The SMILES string of the molecule is c1ccc2[nH]c(-c3nc4ccc5[nH]ncc5c4c4c3CCCC4)cc2c1. The van der Waals surface area contributed by atoms with Crippen LogP contribution in [0.2, 0.25) is 0 Å². The molecule has 6 rings (SSSR count). The van der Waals surface area contributed by atoms with E-state index in [0.717, 1.165) is 35.3 Å². The molecular weight excluding hydrogens is 320 g/mol. The van der Waals surface area contributed by atoms with Crippen LogP contribution in [0.1, 0.15) is 24.0 Å². The van der Waals surface area contributed by atoms with E-state index in [2.05, 4.69) is 57.6 Å². The fraction of sp³-hybridized carbons (Fsp3) is 0.182. The predicted octanol–water partition coefficient (Wildman–Crippen LogP) is 5.14. The van der Waals surface area contributed by atoms with E-state index in [9.17, 15) is 0 Å². The number of rotatable bonds is 1. The first-order valence-corrected chi connectivity index (χ1v) is 9.24. The molecule has 3 aromatic heterocycles. The van der Waals surface area contributed by atoms with Crippen LogP contribution < -0.4 is 0 Å². The van der Waals surface area contributed by atoms with Gasteiger partial charge in [0.1, 0.15) is 0 Å². The van der Waals surface area contributed by atoms with Gasteiger partial charge in [-0.05, 0) is 61.1 Å². The van der Waals surface area contributed by atoms with Gasteiger partial charge in [0.25, 0.3) is 0 Å². The topological polar surface area (TPSA) is 57.4 Å². The summed E-state index contributed by atoms with van der Waals surface area (Å²) in [4.78, 5) is 8.69. The van der Waals surface area contributed by atoms with Crippen molar-refractivity contribution in [2.24, 2.45) is 0 Å². The molecule has 126 valence electrons. The maximum Gasteiger partial charge on any atom is 0.0907 e. The predicted molar refractivity (Wildman–Crippen MR) is 105 cm³/mol. The van der Waals surface area contributed by atoms with Crippen LogP contribution in [-0.2, 0) is 12.8 Å². The second-order valence-corrected chi connectivity index (χ2v) is 7.19. The second kappa shape index (κ2) is 5.18. The zero-order valence-electron chi connectivity index (χ0n) is 14.3. The largest absolute Gasteiger partial charge is 0.353 e. The maximum absolute atomic E-state index is 5.11. The molecular formula is C22H18N4. The summed E-state index contributed by atoms with van der Waals surface area (Å²) in [5.41, 5.74) is 8.42. The van der Waals surface area contributed by atoms with E-state index in [-0.39, 0.29) is 0 Å². The van der Waals surface area contributed by atoms with Crippen molar-refractivity contribution >= 4 is 32.7 Å². The molecule has 1 aliphatic rings. The van der Waals surface area contributed by atoms with E-state index < -0.39 is 0 Å². The van der Waals surface area contributed by atoms with Crippen molar-refractivity contribution in [1.29, 1.82) is 0 Å². The van der Waals surface area contributed by atoms with Gasteiger partial charge in [-0.2, -0.15) is 5.10 Å². The molecule has 2 aromatic carbocycles. The third-order valence-corrected chi connectivity index (χ3v) is 5.67. The van der Waals surface area contributed by atoms with Crippen molar-refractivity contribution in [1.82, 2.24) is 20.2 Å². The van der Waals surface area contributed by atoms with Crippen LogP contribution in [0.15, 0.2) is 48.7 Å². The molecule has 0 saturated heterocycles. The molecule has 0 unspecified atom stereocenters. The Morgan fingerprint density at radius 1 is 0.885 bits per heavy atom. The molecule has 5 aromatic rings. The summed E-state index contributed by atoms with van der Waals surface area (Å²) in [6.07, 6.45) is 6.63. The molecule has 4 heteroatoms. The second-order valence-electron chi connectivity index (χ2n) is 7.19. The van der Waals surface area contributed by atoms with Crippen LogP contribution in [0.5, 0.6) is 0 Å². The fourth-order valence-corrected chi connectivity index (χ4v) is 4.47. The molecule has 2 N–H and O–H groups in total. The summed E-state index contributed by atoms with van der Waals surface area (Å²) in [6.45, 7) is 0. The minimum atomic E-state index is 1.06. The summed E-state index contributed by atoms with van der Waals surface area (Å²) < 4.78 is 0. The van der Waals surface area contributed by atoms with Crippen LogP contribution in [0.4, 0.5) is 0 Å². The standard InChI is InChI=1S/C22H18N4/c1-4-8-17-13(5-1)11-20(24-17)22-15-7-3-2-6-14(15)21-16-12-23-26-18(16)9-10-19(21)25-22/h1,4-5,8-12,24H,2-3,6-7H2,(H,23,26). The number of H-pyrrole nitrogens is 2. The Morgan fingerprint density at radius 3 is 2.69 bits per heavy atom. The van der Waals surface area contributed by atoms with Gasteiger partial charge in [0.05, 0.1) is 28.6 Å². The smallest absolute Gasteiger partial charge is 0.0907 e. The van der Waals surface area contributed by atoms with Crippen molar-refractivity contribution in [3.05, 3.63) is 59.8 Å². The van der Waals surface area contributed by atoms with Gasteiger partial charge in [0.15, 0.2) is 0 Å². The molecule has 0 spiro atoms. The highest BCUT2D eigenvalue weighted by Gasteiger charge is 2.21. The molecule has 4 nitrogen and oxygen atoms in total. The average molecular weight is 338 g/mol. The Bertz CT molecular complexity index is 1260. The Kier molecular flexibility index (Phi) is 2.80. The zero-order valence-corrected chi connectivity index (χ0v) is 14.3. The number of pyridine rings is 1. The van der Waals surface area contributed by atoms with Gasteiger partial charge in [0, 0.05) is 21.7 Å². The highest BCUT2D eigenvalue weighted by atomic mass is 15.1. The highest BCUT2D eigenvalue weighted by molar-refractivity contribution is 6.07. The molecule has 0 atom stereocenters. The number of aromatic nitrogens is 4. The Balaban J connectivity index is 1.72. The number of nitrogens with one attached hydrogen (secondary N) is 2. The number of nitrogens with zero attached hydrogens (tertiary/aromatic N) is 2. The maximum atomic E-state index is 5.11. The molecule has 0 amide bonds. The van der Waals surface area contributed by atoms with E-state index in [1.165, 1.54) is 45.6 Å². The van der Waals surface area contributed by atoms with E-state index in [4.69, 9.17) is 4.98 Å². The number of aryl methyl sites for hydroxylation is 1. The van der Waals surface area contributed by atoms with Crippen molar-refractivity contribution in [3.8, 4) is 11.4 Å². The van der Waals surface area contributed by atoms with E-state index in [1.807, 2.05) is 6.20 Å². The third kappa shape index (κ3) is 1.90. The third-order valence-electron chi connectivity index (χ3n) is 5.67. The van der Waals surface area contributed by atoms with E-state index in [0.29, 0.717) is 0 Å². The molecule has 0 saturated carbocycles. The lowest BCUT2D eigenvalue weighted by Crippen LogP contribution is -2.08. The van der Waals surface area contributed by atoms with Crippen LogP contribution >= 0.6 is 0 Å². The van der Waals surface area contributed by atoms with Gasteiger partial charge in [-0.15, -0.1) is 0 Å². The Morgan fingerprint density at radius 2 is 1.77 bits per heavy atom. The number of hydrogen-bond donors (Lipinski definition) is 2. The minimum Gasteiger partial charge on any atom is -0.353 e. The van der Waals surface area contributed by atoms with Crippen LogP contribution in [0, 0.1) is 0 Å². The van der Waals surface area contributed by atoms with Gasteiger partial charge in [-0.1, -0.05) is 18.2 Å². The lowest BCUT2D eigenvalue weighted by Gasteiger charge is -2.21. The number of hydrogen-bond acceptors (Lipinski definition) is 2. The molecule has 26 heavy (non-hydrogen) atoms. The van der Waals surface area contributed by atoms with Crippen molar-refractivity contribution in [2.45, 2.75) is 25.7 Å². The quantitative estimate of drug-likeness (QED) is 0.445. The number of fused-ring (bicyclic) bond motifs is 6. The van der Waals surface area contributed by atoms with Crippen molar-refractivity contribution in [3.63, 3.8) is 0 Å². The molecule has 0 bridgehead atoms. The van der Waals surface area contributed by atoms with Gasteiger partial charge < -0.3 is 4.98 Å². The summed E-state index contributed by atoms with van der Waals surface area (Å²) in [6, 6.07) is 14.9. The first kappa shape index (κ1) is 14.1. The lowest BCUT2D eigenvalue weighted by molar-refractivity contribution is 0.689. The molecule has 1 aliphatic carbocycles. The number of aromatic amines is 2. The van der Waals surface area contributed by atoms with Crippen molar-refractivity contribution in [2.75, 3.05) is 0 Å². The summed E-state index contributed by atoms with van der Waals surface area (Å²) >= 11 is 0. The van der Waals surface area contributed by atoms with Crippen LogP contribution in [0.3, 0.4) is 0 Å². The first-order valence-electron chi connectivity index (χ1n) is 9.24. The Hall–Kier alpha value is -3.14. The normalized spacial score (nSPS) is 14.3. The fourth-order valence-electron chi connectivity index (χ4n) is 4.47. The summed E-state index contributed by atoms with van der Waals surface area (Å²) in [7, 11) is 0. The van der Waals surface area contributed by atoms with Crippen molar-refractivity contribution < 1.29 is 0 Å². The molecule has 0 radical (unpaired) electrons. The monoisotopic (exact) mass is 338 g/mol. The van der Waals surface area contributed by atoms with Gasteiger partial charge >= 0.3 is 0 Å². The van der Waals surface area contributed by atoms with Gasteiger partial charge in [-0.25, -0.2) is 4.98 Å². The molecule has 0 fully saturated rings. The van der Waals surface area contributed by atoms with Gasteiger partial charge in [0.2, 0.25) is 0 Å². The average Bonchev–Trinajstić information content (AvgIpc) is 3.33. The highest BCUT2D eigenvalue weighted by Crippen LogP contribution is 2.38. The number of para-hydroxylation sites is 1. The zero-order chi connectivity index (χ0) is 17.1. The Labute approximate surface area is 150 Å². The summed E-state index contributed by atoms with van der Waals surface area (Å²) in [5.74, 6) is 0. The van der Waals surface area contributed by atoms with Gasteiger partial charge in [-0.3, -0.25) is 5.10 Å². The van der Waals surface area contributed by atoms with Crippen LogP contribution in [0.25, 0.3) is 44.1 Å². The lowest BCUT2D eigenvalue weighted by atomic mass is 9.86.